The third kappa shape index (κ3) is 3.12. The molecular formula is C10H15NO4. The number of ether oxygens (including phenoxy) is 1. The maximum absolute atomic E-state index is 10.5. The number of hydrogen-bond donors (Lipinski definition) is 1. The number of aromatic hydroxyl groups is 1. The highest BCUT2D eigenvalue weighted by Gasteiger charge is 2.16. The normalized spacial score (nSPS) is 8.80. The molecule has 0 aliphatic carbocycles. The Hall–Kier alpha value is -1.78. The maximum atomic E-state index is 10.5. The van der Waals surface area contributed by atoms with Crippen molar-refractivity contribution < 1.29 is 14.8 Å². The van der Waals surface area contributed by atoms with Gasteiger partial charge >= 0.3 is 5.69 Å². The zero-order valence-corrected chi connectivity index (χ0v) is 9.27. The Kier molecular flexibility index (Phi) is 5.15. The lowest BCUT2D eigenvalue weighted by Crippen LogP contribution is -1.94. The van der Waals surface area contributed by atoms with Crippen LogP contribution < -0.4 is 4.74 Å². The van der Waals surface area contributed by atoms with E-state index in [-0.39, 0.29) is 17.2 Å². The summed E-state index contributed by atoms with van der Waals surface area (Å²) in [5, 5.41) is 19.7. The van der Waals surface area contributed by atoms with E-state index in [1.807, 2.05) is 13.8 Å². The number of phenols is 1. The minimum Gasteiger partial charge on any atom is -0.507 e. The first kappa shape index (κ1) is 13.2. The first-order valence-electron chi connectivity index (χ1n) is 4.58. The van der Waals surface area contributed by atoms with Crippen LogP contribution in [0.5, 0.6) is 11.5 Å². The fourth-order valence-electron chi connectivity index (χ4n) is 0.965. The van der Waals surface area contributed by atoms with E-state index >= 15 is 0 Å². The third-order valence-electron chi connectivity index (χ3n) is 1.69. The van der Waals surface area contributed by atoms with Gasteiger partial charge in [0.25, 0.3) is 0 Å². The Balaban J connectivity index is 0.000000921. The summed E-state index contributed by atoms with van der Waals surface area (Å²) >= 11 is 0. The maximum Gasteiger partial charge on any atom is 0.314 e. The van der Waals surface area contributed by atoms with Crippen LogP contribution in [-0.2, 0) is 0 Å². The second-order valence-electron chi connectivity index (χ2n) is 2.57. The number of nitro benzene ring substituents is 1. The van der Waals surface area contributed by atoms with Gasteiger partial charge in [0.15, 0.2) is 5.75 Å². The lowest BCUT2D eigenvalue weighted by atomic mass is 10.2. The number of hydrogen-bond acceptors (Lipinski definition) is 4. The van der Waals surface area contributed by atoms with E-state index in [1.165, 1.54) is 13.2 Å². The van der Waals surface area contributed by atoms with Crippen LogP contribution in [-0.4, -0.2) is 17.1 Å². The van der Waals surface area contributed by atoms with Gasteiger partial charge in [0.05, 0.1) is 18.1 Å². The monoisotopic (exact) mass is 213 g/mol. The summed E-state index contributed by atoms with van der Waals surface area (Å²) in [6, 6.07) is 2.50. The Morgan fingerprint density at radius 3 is 2.33 bits per heavy atom. The molecule has 0 atom stereocenters. The summed E-state index contributed by atoms with van der Waals surface area (Å²) in [5.74, 6) is 0.0489. The molecular weight excluding hydrogens is 198 g/mol. The number of nitrogens with zero attached hydrogens (tertiary/aromatic N) is 1. The fourth-order valence-corrected chi connectivity index (χ4v) is 0.965. The van der Waals surface area contributed by atoms with E-state index in [0.717, 1.165) is 6.07 Å². The van der Waals surface area contributed by atoms with Crippen LogP contribution in [0.1, 0.15) is 19.4 Å². The Morgan fingerprint density at radius 2 is 1.93 bits per heavy atom. The smallest absolute Gasteiger partial charge is 0.314 e. The topological polar surface area (TPSA) is 72.6 Å². The third-order valence-corrected chi connectivity index (χ3v) is 1.69. The van der Waals surface area contributed by atoms with E-state index in [1.54, 1.807) is 6.92 Å². The molecule has 5 nitrogen and oxygen atoms in total. The number of aryl methyl sites for hydroxylation is 1. The van der Waals surface area contributed by atoms with Crippen LogP contribution in [0.15, 0.2) is 12.1 Å². The molecule has 0 fully saturated rings. The van der Waals surface area contributed by atoms with Crippen LogP contribution in [0.4, 0.5) is 5.69 Å². The van der Waals surface area contributed by atoms with Crippen molar-refractivity contribution >= 4 is 5.69 Å². The summed E-state index contributed by atoms with van der Waals surface area (Å²) < 4.78 is 4.79. The second kappa shape index (κ2) is 5.85. The van der Waals surface area contributed by atoms with Gasteiger partial charge in [0, 0.05) is 0 Å². The van der Waals surface area contributed by atoms with E-state index in [2.05, 4.69) is 0 Å². The predicted octanol–water partition coefficient (Wildman–Crippen LogP) is 2.64. The van der Waals surface area contributed by atoms with Gasteiger partial charge < -0.3 is 9.84 Å². The van der Waals surface area contributed by atoms with Crippen molar-refractivity contribution in [2.45, 2.75) is 20.8 Å². The largest absolute Gasteiger partial charge is 0.507 e. The van der Waals surface area contributed by atoms with Crippen molar-refractivity contribution in [3.8, 4) is 11.5 Å². The van der Waals surface area contributed by atoms with Crippen molar-refractivity contribution in [1.82, 2.24) is 0 Å². The molecule has 0 saturated carbocycles. The molecule has 0 spiro atoms. The minimum absolute atomic E-state index is 0.104. The van der Waals surface area contributed by atoms with Gasteiger partial charge in [-0.3, -0.25) is 10.1 Å². The first-order valence-corrected chi connectivity index (χ1v) is 4.58. The van der Waals surface area contributed by atoms with Crippen LogP contribution in [0, 0.1) is 17.0 Å². The van der Waals surface area contributed by atoms with Crippen molar-refractivity contribution in [3.05, 3.63) is 27.8 Å². The highest BCUT2D eigenvalue weighted by Crippen LogP contribution is 2.32. The molecule has 0 aromatic heterocycles. The highest BCUT2D eigenvalue weighted by atomic mass is 16.6. The number of rotatable bonds is 2. The number of benzene rings is 1. The molecule has 0 bridgehead atoms. The van der Waals surface area contributed by atoms with Crippen LogP contribution in [0.3, 0.4) is 0 Å². The standard InChI is InChI=1S/C8H9NO4.C2H6/c1-5-3-8(13-2)6(9(11)12)4-7(5)10;1-2/h3-4,10H,1-2H3;1-2H3. The molecule has 1 N–H and O–H groups in total. The molecule has 15 heavy (non-hydrogen) atoms. The van der Waals surface area contributed by atoms with Gasteiger partial charge in [-0.15, -0.1) is 0 Å². The van der Waals surface area contributed by atoms with Gasteiger partial charge in [-0.25, -0.2) is 0 Å². The quantitative estimate of drug-likeness (QED) is 0.605. The first-order chi connectivity index (χ1) is 7.06. The molecule has 1 aromatic carbocycles. The van der Waals surface area contributed by atoms with E-state index < -0.39 is 4.92 Å². The van der Waals surface area contributed by atoms with E-state index in [4.69, 9.17) is 4.74 Å². The van der Waals surface area contributed by atoms with Gasteiger partial charge in [-0.05, 0) is 18.6 Å². The average molecular weight is 213 g/mol. The van der Waals surface area contributed by atoms with Crippen molar-refractivity contribution in [2.24, 2.45) is 0 Å². The van der Waals surface area contributed by atoms with Crippen LogP contribution in [0.25, 0.3) is 0 Å². The zero-order valence-electron chi connectivity index (χ0n) is 9.27. The van der Waals surface area contributed by atoms with Crippen molar-refractivity contribution in [2.75, 3.05) is 7.11 Å². The zero-order chi connectivity index (χ0) is 12.0. The van der Waals surface area contributed by atoms with Gasteiger partial charge in [0.1, 0.15) is 5.75 Å². The molecule has 0 amide bonds. The molecule has 0 heterocycles. The summed E-state index contributed by atoms with van der Waals surface area (Å²) in [6.07, 6.45) is 0. The molecule has 84 valence electrons. The molecule has 1 aromatic rings. The Bertz CT molecular complexity index is 350. The number of methoxy groups -OCH3 is 1. The Morgan fingerprint density at radius 1 is 1.40 bits per heavy atom. The summed E-state index contributed by atoms with van der Waals surface area (Å²) in [4.78, 5) is 9.86. The lowest BCUT2D eigenvalue weighted by molar-refractivity contribution is -0.385. The lowest BCUT2D eigenvalue weighted by Gasteiger charge is -2.03. The number of phenolic OH excluding ortho intramolecular Hbond substituents is 1. The predicted molar refractivity (Wildman–Crippen MR) is 57.4 cm³/mol. The van der Waals surface area contributed by atoms with Gasteiger partial charge in [-0.2, -0.15) is 0 Å². The molecule has 1 rings (SSSR count). The van der Waals surface area contributed by atoms with Crippen molar-refractivity contribution in [1.29, 1.82) is 0 Å². The highest BCUT2D eigenvalue weighted by molar-refractivity contribution is 5.54. The minimum atomic E-state index is -0.599. The fraction of sp³-hybridized carbons (Fsp3) is 0.400. The molecule has 0 radical (unpaired) electrons. The summed E-state index contributed by atoms with van der Waals surface area (Å²) in [6.45, 7) is 5.64. The van der Waals surface area contributed by atoms with E-state index in [0.29, 0.717) is 5.56 Å². The second-order valence-corrected chi connectivity index (χ2v) is 2.57. The molecule has 5 heteroatoms. The molecule has 0 saturated heterocycles. The van der Waals surface area contributed by atoms with Gasteiger partial charge in [0.2, 0.25) is 0 Å². The summed E-state index contributed by atoms with van der Waals surface area (Å²) in [5.41, 5.74) is 0.313. The van der Waals surface area contributed by atoms with Crippen molar-refractivity contribution in [3.63, 3.8) is 0 Å². The Labute approximate surface area is 88.5 Å². The van der Waals surface area contributed by atoms with E-state index in [9.17, 15) is 15.2 Å². The summed E-state index contributed by atoms with van der Waals surface area (Å²) in [7, 11) is 1.35. The molecule has 0 aliphatic heterocycles. The molecule has 0 unspecified atom stereocenters. The SMILES string of the molecule is CC.COc1cc(C)c(O)cc1[N+](=O)[O-]. The average Bonchev–Trinajstić information content (AvgIpc) is 2.24. The number of nitro groups is 1. The van der Waals surface area contributed by atoms with Crippen LogP contribution in [0.2, 0.25) is 0 Å². The molecule has 0 aliphatic rings. The van der Waals surface area contributed by atoms with Gasteiger partial charge in [-0.1, -0.05) is 13.8 Å². The van der Waals surface area contributed by atoms with Crippen LogP contribution >= 0.6 is 0 Å².